The van der Waals surface area contributed by atoms with E-state index in [4.69, 9.17) is 4.84 Å². The number of nitrogens with zero attached hydrogens (tertiary/aromatic N) is 5. The van der Waals surface area contributed by atoms with Crippen molar-refractivity contribution in [1.82, 2.24) is 15.2 Å². The van der Waals surface area contributed by atoms with Crippen molar-refractivity contribution >= 4 is 22.4 Å². The molecule has 0 spiro atoms. The second kappa shape index (κ2) is 12.3. The minimum Gasteiger partial charge on any atom is -0.371 e. The fraction of sp³-hybridized carbons (Fsp3) is 0.333. The monoisotopic (exact) mass is 557 g/mol. The Morgan fingerprint density at radius 3 is 1.83 bits per heavy atom. The van der Waals surface area contributed by atoms with Crippen molar-refractivity contribution in [2.45, 2.75) is 38.5 Å². The molecule has 2 aliphatic rings. The molecule has 0 unspecified atom stereocenters. The molecule has 42 heavy (non-hydrogen) atoms. The van der Waals surface area contributed by atoms with Crippen LogP contribution in [0.1, 0.15) is 36.8 Å². The van der Waals surface area contributed by atoms with Gasteiger partial charge in [-0.3, -0.25) is 0 Å². The molecular formula is C36H39N5O. The third kappa shape index (κ3) is 5.98. The zero-order valence-electron chi connectivity index (χ0n) is 24.2. The van der Waals surface area contributed by atoms with Gasteiger partial charge in [-0.15, -0.1) is 5.10 Å². The van der Waals surface area contributed by atoms with Gasteiger partial charge in [0, 0.05) is 31.9 Å². The van der Waals surface area contributed by atoms with E-state index in [2.05, 4.69) is 99.0 Å². The van der Waals surface area contributed by atoms with Gasteiger partial charge in [0.05, 0.1) is 5.69 Å². The predicted octanol–water partition coefficient (Wildman–Crippen LogP) is 7.19. The molecule has 0 aliphatic carbocycles. The first-order chi connectivity index (χ1) is 20.8. The van der Waals surface area contributed by atoms with Crippen LogP contribution in [0, 0.1) is 11.8 Å². The molecule has 3 heterocycles. The van der Waals surface area contributed by atoms with Gasteiger partial charge < -0.3 is 14.6 Å². The highest BCUT2D eigenvalue weighted by Gasteiger charge is 2.25. The van der Waals surface area contributed by atoms with Crippen LogP contribution in [0.5, 0.6) is 5.75 Å². The molecule has 7 rings (SSSR count). The zero-order valence-corrected chi connectivity index (χ0v) is 24.2. The number of hydrogen-bond acceptors (Lipinski definition) is 5. The largest absolute Gasteiger partial charge is 0.371 e. The average Bonchev–Trinajstić information content (AvgIpc) is 3.46. The molecule has 6 heteroatoms. The van der Waals surface area contributed by atoms with Crippen molar-refractivity contribution in [1.29, 1.82) is 0 Å². The van der Waals surface area contributed by atoms with Gasteiger partial charge in [0.1, 0.15) is 11.0 Å². The molecule has 4 aromatic carbocycles. The zero-order chi connectivity index (χ0) is 28.1. The van der Waals surface area contributed by atoms with E-state index in [1.165, 1.54) is 48.9 Å². The van der Waals surface area contributed by atoms with Crippen LogP contribution in [0.4, 0.5) is 11.4 Å². The minimum absolute atomic E-state index is 0.708. The Hall–Kier alpha value is -4.32. The lowest BCUT2D eigenvalue weighted by molar-refractivity contribution is 0.184. The molecule has 2 fully saturated rings. The lowest BCUT2D eigenvalue weighted by atomic mass is 9.89. The maximum absolute atomic E-state index is 6.45. The quantitative estimate of drug-likeness (QED) is 0.202. The molecule has 0 saturated carbocycles. The van der Waals surface area contributed by atoms with Crippen molar-refractivity contribution in [2.24, 2.45) is 11.8 Å². The van der Waals surface area contributed by atoms with Gasteiger partial charge in [0.25, 0.3) is 0 Å². The lowest BCUT2D eigenvalue weighted by Gasteiger charge is -2.37. The van der Waals surface area contributed by atoms with Crippen molar-refractivity contribution < 1.29 is 4.84 Å². The third-order valence-electron chi connectivity index (χ3n) is 9.12. The topological polar surface area (TPSA) is 46.4 Å². The summed E-state index contributed by atoms with van der Waals surface area (Å²) in [5, 5.41) is 8.61. The first-order valence-electron chi connectivity index (χ1n) is 15.5. The number of hydrogen-bond donors (Lipinski definition) is 0. The maximum Gasteiger partial charge on any atom is 0.181 e. The number of fused-ring (bicyclic) bond motifs is 1. The summed E-state index contributed by atoms with van der Waals surface area (Å²) >= 11 is 0. The highest BCUT2D eigenvalue weighted by Crippen LogP contribution is 2.37. The molecule has 1 aromatic heterocycles. The van der Waals surface area contributed by atoms with E-state index < -0.39 is 0 Å². The van der Waals surface area contributed by atoms with Crippen LogP contribution in [0.3, 0.4) is 0 Å². The van der Waals surface area contributed by atoms with Crippen LogP contribution in [-0.2, 0) is 12.8 Å². The molecule has 6 nitrogen and oxygen atoms in total. The molecule has 0 N–H and O–H groups in total. The summed E-state index contributed by atoms with van der Waals surface area (Å²) in [5.74, 6) is 2.28. The van der Waals surface area contributed by atoms with Gasteiger partial charge >= 0.3 is 0 Å². The number of piperidine rings is 2. The van der Waals surface area contributed by atoms with E-state index in [0.29, 0.717) is 5.92 Å². The first-order valence-corrected chi connectivity index (χ1v) is 15.5. The Morgan fingerprint density at radius 2 is 1.19 bits per heavy atom. The Bertz CT molecular complexity index is 1590. The van der Waals surface area contributed by atoms with Crippen LogP contribution < -0.4 is 14.6 Å². The second-order valence-corrected chi connectivity index (χ2v) is 11.9. The maximum atomic E-state index is 6.45. The standard InChI is InChI=1S/C36H39N5O/c1-3-9-28(10-4-1)25-30-17-21-39(22-18-30)32-15-16-36(42-41-34-14-8-7-13-33(34)37-38-41)35(27-32)40-23-19-31(20-24-40)26-29-11-5-2-6-12-29/h1-16,27,30-31H,17-26H2. The van der Waals surface area contributed by atoms with Gasteiger partial charge in [0.2, 0.25) is 0 Å². The van der Waals surface area contributed by atoms with Gasteiger partial charge in [-0.2, -0.15) is 0 Å². The van der Waals surface area contributed by atoms with E-state index >= 15 is 0 Å². The summed E-state index contributed by atoms with van der Waals surface area (Å²) in [7, 11) is 0. The Kier molecular flexibility index (Phi) is 7.77. The summed E-state index contributed by atoms with van der Waals surface area (Å²) in [6.07, 6.45) is 7.12. The van der Waals surface area contributed by atoms with Crippen LogP contribution in [-0.4, -0.2) is 41.3 Å². The highest BCUT2D eigenvalue weighted by atomic mass is 16.7. The van der Waals surface area contributed by atoms with Crippen molar-refractivity contribution in [2.75, 3.05) is 36.0 Å². The third-order valence-corrected chi connectivity index (χ3v) is 9.12. The number of anilines is 2. The number of rotatable bonds is 8. The Balaban J connectivity index is 1.09. The molecular weight excluding hydrogens is 518 g/mol. The summed E-state index contributed by atoms with van der Waals surface area (Å²) in [6.45, 7) is 4.22. The molecule has 2 aliphatic heterocycles. The summed E-state index contributed by atoms with van der Waals surface area (Å²) < 4.78 is 0. The van der Waals surface area contributed by atoms with E-state index in [1.807, 2.05) is 24.3 Å². The van der Waals surface area contributed by atoms with E-state index in [0.717, 1.165) is 61.0 Å². The van der Waals surface area contributed by atoms with E-state index in [-0.39, 0.29) is 0 Å². The first kappa shape index (κ1) is 26.6. The Labute approximate surface area is 248 Å². The van der Waals surface area contributed by atoms with Crippen LogP contribution >= 0.6 is 0 Å². The van der Waals surface area contributed by atoms with Crippen LogP contribution in [0.25, 0.3) is 11.0 Å². The van der Waals surface area contributed by atoms with Crippen molar-refractivity contribution in [3.05, 3.63) is 114 Å². The van der Waals surface area contributed by atoms with Gasteiger partial charge in [0.15, 0.2) is 5.75 Å². The Morgan fingerprint density at radius 1 is 0.619 bits per heavy atom. The van der Waals surface area contributed by atoms with Crippen molar-refractivity contribution in [3.8, 4) is 5.75 Å². The summed E-state index contributed by atoms with van der Waals surface area (Å²) in [4.78, 5) is 13.1. The summed E-state index contributed by atoms with van der Waals surface area (Å²) in [5.41, 5.74) is 7.03. The summed E-state index contributed by atoms with van der Waals surface area (Å²) in [6, 6.07) is 36.5. The number of aromatic nitrogens is 3. The molecule has 0 atom stereocenters. The predicted molar refractivity (Wildman–Crippen MR) is 170 cm³/mol. The second-order valence-electron chi connectivity index (χ2n) is 11.9. The van der Waals surface area contributed by atoms with Crippen LogP contribution in [0.2, 0.25) is 0 Å². The number of benzene rings is 4. The molecule has 0 amide bonds. The molecule has 214 valence electrons. The molecule has 2 saturated heterocycles. The minimum atomic E-state index is 0.708. The van der Waals surface area contributed by atoms with Crippen molar-refractivity contribution in [3.63, 3.8) is 0 Å². The lowest BCUT2D eigenvalue weighted by Crippen LogP contribution is -2.36. The smallest absolute Gasteiger partial charge is 0.181 e. The SMILES string of the molecule is c1ccc(CC2CCN(c3ccc(On4nnc5ccccc54)c(N4CCC(Cc5ccccc5)CC4)c3)CC2)cc1. The molecule has 0 radical (unpaired) electrons. The average molecular weight is 558 g/mol. The normalized spacial score (nSPS) is 16.7. The van der Waals surface area contributed by atoms with Crippen LogP contribution in [0.15, 0.2) is 103 Å². The van der Waals surface area contributed by atoms with E-state index in [9.17, 15) is 0 Å². The fourth-order valence-electron chi connectivity index (χ4n) is 6.70. The van der Waals surface area contributed by atoms with Gasteiger partial charge in [-0.25, -0.2) is 0 Å². The van der Waals surface area contributed by atoms with Gasteiger partial charge in [-0.05, 0) is 97.0 Å². The van der Waals surface area contributed by atoms with E-state index in [1.54, 1.807) is 4.85 Å². The number of para-hydroxylation sites is 1. The van der Waals surface area contributed by atoms with Gasteiger partial charge in [-0.1, -0.05) is 77.6 Å². The molecule has 0 bridgehead atoms. The highest BCUT2D eigenvalue weighted by molar-refractivity contribution is 5.74. The fourth-order valence-corrected chi connectivity index (χ4v) is 6.70. The molecule has 5 aromatic rings.